The Balaban J connectivity index is 1.87. The summed E-state index contributed by atoms with van der Waals surface area (Å²) in [5, 5.41) is 1.77. The molecule has 3 rings (SSSR count). The quantitative estimate of drug-likeness (QED) is 0.861. The molecule has 0 radical (unpaired) electrons. The second-order valence-electron chi connectivity index (χ2n) is 4.06. The molecule has 1 saturated heterocycles. The van der Waals surface area contributed by atoms with Gasteiger partial charge >= 0.3 is 0 Å². The molecule has 0 spiro atoms. The van der Waals surface area contributed by atoms with Crippen LogP contribution in [0, 0.1) is 5.82 Å². The summed E-state index contributed by atoms with van der Waals surface area (Å²) in [4.78, 5) is 22.7. The van der Waals surface area contributed by atoms with Crippen LogP contribution in [0.1, 0.15) is 5.76 Å². The molecule has 1 aliphatic rings. The summed E-state index contributed by atoms with van der Waals surface area (Å²) in [6, 6.07) is 9.29. The maximum Gasteiger partial charge on any atom is 0.290 e. The van der Waals surface area contributed by atoms with Gasteiger partial charge in [-0.2, -0.15) is 0 Å². The molecule has 20 heavy (non-hydrogen) atoms. The Morgan fingerprint density at radius 2 is 1.85 bits per heavy atom. The monoisotopic (exact) mass is 289 g/mol. The third kappa shape index (κ3) is 2.50. The molecule has 2 heterocycles. The number of rotatable bonds is 2. The van der Waals surface area contributed by atoms with Crippen molar-refractivity contribution in [1.29, 1.82) is 0 Å². The number of benzene rings is 1. The molecule has 0 atom stereocenters. The normalized spacial score (nSPS) is 16.8. The number of hydrogen-bond acceptors (Lipinski definition) is 4. The summed E-state index contributed by atoms with van der Waals surface area (Å²) in [7, 11) is 0. The molecule has 0 unspecified atom stereocenters. The van der Waals surface area contributed by atoms with Crippen molar-refractivity contribution < 1.29 is 18.4 Å². The molecule has 1 aromatic carbocycles. The van der Waals surface area contributed by atoms with Crippen molar-refractivity contribution in [2.75, 3.05) is 0 Å². The summed E-state index contributed by atoms with van der Waals surface area (Å²) in [6.07, 6.45) is 1.50. The van der Waals surface area contributed by atoms with E-state index in [2.05, 4.69) is 5.32 Å². The fourth-order valence-corrected chi connectivity index (χ4v) is 2.41. The predicted octanol–water partition coefficient (Wildman–Crippen LogP) is 3.41. The van der Waals surface area contributed by atoms with Gasteiger partial charge in [0.15, 0.2) is 0 Å². The SMILES string of the molecule is O=C1NC(=O)/C(=C\c2ccc(-c3ccc(F)cc3)o2)S1. The smallest absolute Gasteiger partial charge is 0.290 e. The third-order valence-corrected chi connectivity index (χ3v) is 3.48. The first-order valence-corrected chi connectivity index (χ1v) is 6.54. The standard InChI is InChI=1S/C14H8FNO3S/c15-9-3-1-8(2-4-9)11-6-5-10(19-11)7-12-13(17)16-14(18)20-12/h1-7H,(H,16,17,18)/b12-7+. The molecule has 0 bridgehead atoms. The molecule has 1 N–H and O–H groups in total. The molecular weight excluding hydrogens is 281 g/mol. The van der Waals surface area contributed by atoms with E-state index in [-0.39, 0.29) is 10.7 Å². The molecule has 0 saturated carbocycles. The van der Waals surface area contributed by atoms with E-state index in [1.807, 2.05) is 0 Å². The maximum absolute atomic E-state index is 12.8. The van der Waals surface area contributed by atoms with Gasteiger partial charge in [0, 0.05) is 11.6 Å². The van der Waals surface area contributed by atoms with Gasteiger partial charge < -0.3 is 4.42 Å². The zero-order valence-corrected chi connectivity index (χ0v) is 10.9. The van der Waals surface area contributed by atoms with Gasteiger partial charge in [0.1, 0.15) is 17.3 Å². The second kappa shape index (κ2) is 4.97. The first kappa shape index (κ1) is 12.7. The lowest BCUT2D eigenvalue weighted by molar-refractivity contribution is -0.115. The van der Waals surface area contributed by atoms with Gasteiger partial charge in [0.2, 0.25) is 0 Å². The van der Waals surface area contributed by atoms with Crippen LogP contribution < -0.4 is 5.32 Å². The number of furan rings is 1. The Morgan fingerprint density at radius 3 is 2.50 bits per heavy atom. The minimum atomic E-state index is -0.431. The summed E-state index contributed by atoms with van der Waals surface area (Å²) in [6.45, 7) is 0. The molecule has 2 amide bonds. The van der Waals surface area contributed by atoms with Crippen molar-refractivity contribution in [1.82, 2.24) is 5.32 Å². The average molecular weight is 289 g/mol. The molecule has 1 aromatic heterocycles. The molecule has 2 aromatic rings. The lowest BCUT2D eigenvalue weighted by atomic mass is 10.2. The first-order chi connectivity index (χ1) is 9.61. The topological polar surface area (TPSA) is 59.3 Å². The Kier molecular flexibility index (Phi) is 3.15. The van der Waals surface area contributed by atoms with E-state index < -0.39 is 11.1 Å². The maximum atomic E-state index is 12.8. The van der Waals surface area contributed by atoms with Crippen molar-refractivity contribution in [2.24, 2.45) is 0 Å². The van der Waals surface area contributed by atoms with Crippen molar-refractivity contribution in [2.45, 2.75) is 0 Å². The fraction of sp³-hybridized carbons (Fsp3) is 0. The molecule has 100 valence electrons. The molecule has 6 heteroatoms. The Bertz CT molecular complexity index is 718. The van der Waals surface area contributed by atoms with Crippen LogP contribution in [-0.4, -0.2) is 11.1 Å². The van der Waals surface area contributed by atoms with E-state index in [4.69, 9.17) is 4.42 Å². The van der Waals surface area contributed by atoms with E-state index in [0.717, 1.165) is 17.3 Å². The van der Waals surface area contributed by atoms with Crippen LogP contribution in [0.25, 0.3) is 17.4 Å². The van der Waals surface area contributed by atoms with Crippen LogP contribution >= 0.6 is 11.8 Å². The lowest BCUT2D eigenvalue weighted by Gasteiger charge is -1.96. The number of carbonyl (C=O) groups is 2. The Morgan fingerprint density at radius 1 is 1.10 bits per heavy atom. The van der Waals surface area contributed by atoms with Gasteiger partial charge in [-0.05, 0) is 48.2 Å². The summed E-state index contributed by atoms with van der Waals surface area (Å²) >= 11 is 0.827. The summed E-state index contributed by atoms with van der Waals surface area (Å²) in [5.41, 5.74) is 0.732. The van der Waals surface area contributed by atoms with Crippen molar-refractivity contribution in [3.8, 4) is 11.3 Å². The first-order valence-electron chi connectivity index (χ1n) is 5.72. The minimum Gasteiger partial charge on any atom is -0.457 e. The molecule has 4 nitrogen and oxygen atoms in total. The molecule has 0 aliphatic carbocycles. The van der Waals surface area contributed by atoms with Crippen LogP contribution in [0.5, 0.6) is 0 Å². The molecular formula is C14H8FNO3S. The second-order valence-corrected chi connectivity index (χ2v) is 5.08. The highest BCUT2D eigenvalue weighted by molar-refractivity contribution is 8.18. The number of nitrogens with one attached hydrogen (secondary N) is 1. The van der Waals surface area contributed by atoms with Gasteiger partial charge in [0.05, 0.1) is 4.91 Å². The fourth-order valence-electron chi connectivity index (χ4n) is 1.75. The Hall–Kier alpha value is -2.34. The van der Waals surface area contributed by atoms with Gasteiger partial charge in [-0.25, -0.2) is 4.39 Å². The van der Waals surface area contributed by atoms with E-state index >= 15 is 0 Å². The van der Waals surface area contributed by atoms with Crippen LogP contribution in [-0.2, 0) is 4.79 Å². The number of thioether (sulfide) groups is 1. The zero-order chi connectivity index (χ0) is 14.1. The van der Waals surface area contributed by atoms with Crippen LogP contribution in [0.15, 0.2) is 45.7 Å². The molecule has 1 aliphatic heterocycles. The zero-order valence-electron chi connectivity index (χ0n) is 10.1. The van der Waals surface area contributed by atoms with Crippen molar-refractivity contribution >= 4 is 29.0 Å². The number of halogens is 1. The van der Waals surface area contributed by atoms with Crippen LogP contribution in [0.2, 0.25) is 0 Å². The van der Waals surface area contributed by atoms with E-state index in [1.54, 1.807) is 24.3 Å². The van der Waals surface area contributed by atoms with Gasteiger partial charge in [-0.1, -0.05) is 0 Å². The van der Waals surface area contributed by atoms with Crippen molar-refractivity contribution in [3.05, 3.63) is 52.9 Å². The third-order valence-electron chi connectivity index (χ3n) is 2.67. The highest BCUT2D eigenvalue weighted by Gasteiger charge is 2.25. The van der Waals surface area contributed by atoms with Crippen LogP contribution in [0.4, 0.5) is 9.18 Å². The van der Waals surface area contributed by atoms with E-state index in [9.17, 15) is 14.0 Å². The highest BCUT2D eigenvalue weighted by atomic mass is 32.2. The summed E-state index contributed by atoms with van der Waals surface area (Å²) < 4.78 is 18.4. The Labute approximate surface area is 117 Å². The predicted molar refractivity (Wildman–Crippen MR) is 73.2 cm³/mol. The molecule has 1 fully saturated rings. The van der Waals surface area contributed by atoms with E-state index in [1.165, 1.54) is 18.2 Å². The number of amides is 2. The average Bonchev–Trinajstić information content (AvgIpc) is 2.98. The minimum absolute atomic E-state index is 0.287. The van der Waals surface area contributed by atoms with Crippen LogP contribution in [0.3, 0.4) is 0 Å². The van der Waals surface area contributed by atoms with Gasteiger partial charge in [-0.15, -0.1) is 0 Å². The number of carbonyl (C=O) groups excluding carboxylic acids is 2. The largest absolute Gasteiger partial charge is 0.457 e. The van der Waals surface area contributed by atoms with E-state index in [0.29, 0.717) is 11.5 Å². The van der Waals surface area contributed by atoms with Gasteiger partial charge in [0.25, 0.3) is 11.1 Å². The number of hydrogen-bond donors (Lipinski definition) is 1. The number of imide groups is 1. The van der Waals surface area contributed by atoms with Crippen molar-refractivity contribution in [3.63, 3.8) is 0 Å². The summed E-state index contributed by atoms with van der Waals surface area (Å²) in [5.74, 6) is 0.267. The highest BCUT2D eigenvalue weighted by Crippen LogP contribution is 2.28. The van der Waals surface area contributed by atoms with Gasteiger partial charge in [-0.3, -0.25) is 14.9 Å². The lowest BCUT2D eigenvalue weighted by Crippen LogP contribution is -2.17.